The molecule has 1 aromatic carbocycles. The van der Waals surface area contributed by atoms with E-state index in [1.54, 1.807) is 12.1 Å². The third kappa shape index (κ3) is 3.21. The van der Waals surface area contributed by atoms with E-state index in [1.165, 1.54) is 12.1 Å². The Morgan fingerprint density at radius 2 is 2.10 bits per heavy atom. The van der Waals surface area contributed by atoms with Gasteiger partial charge in [-0.25, -0.2) is 0 Å². The van der Waals surface area contributed by atoms with Crippen molar-refractivity contribution < 1.29 is 9.72 Å². The molecule has 1 unspecified atom stereocenters. The normalized spacial score (nSPS) is 21.5. The first-order valence-corrected chi connectivity index (χ1v) is 7.18. The van der Waals surface area contributed by atoms with E-state index >= 15 is 0 Å². The summed E-state index contributed by atoms with van der Waals surface area (Å²) >= 11 is 0. The second-order valence-electron chi connectivity index (χ2n) is 5.84. The van der Waals surface area contributed by atoms with Crippen molar-refractivity contribution in [2.45, 2.75) is 26.8 Å². The van der Waals surface area contributed by atoms with Crippen molar-refractivity contribution in [3.05, 3.63) is 39.9 Å². The Labute approximate surface area is 124 Å². The molecule has 0 radical (unpaired) electrons. The van der Waals surface area contributed by atoms with Crippen molar-refractivity contribution >= 4 is 11.6 Å². The van der Waals surface area contributed by atoms with Crippen LogP contribution >= 0.6 is 0 Å². The number of non-ortho nitro benzene ring substituents is 1. The summed E-state index contributed by atoms with van der Waals surface area (Å²) in [5, 5.41) is 16.8. The van der Waals surface area contributed by atoms with Crippen molar-refractivity contribution in [3.63, 3.8) is 0 Å². The molecule has 114 valence electrons. The van der Waals surface area contributed by atoms with Crippen LogP contribution in [0.25, 0.3) is 0 Å². The van der Waals surface area contributed by atoms with Crippen LogP contribution < -0.4 is 10.6 Å². The Hall–Kier alpha value is -1.95. The quantitative estimate of drug-likeness (QED) is 0.640. The summed E-state index contributed by atoms with van der Waals surface area (Å²) in [6.07, 6.45) is 0.844. The average Bonchev–Trinajstić information content (AvgIpc) is 2.96. The van der Waals surface area contributed by atoms with Crippen LogP contribution in [0.3, 0.4) is 0 Å². The second-order valence-corrected chi connectivity index (χ2v) is 5.84. The summed E-state index contributed by atoms with van der Waals surface area (Å²) in [4.78, 5) is 22.7. The van der Waals surface area contributed by atoms with Gasteiger partial charge in [0, 0.05) is 25.2 Å². The molecule has 1 amide bonds. The largest absolute Gasteiger partial charge is 0.351 e. The topological polar surface area (TPSA) is 84.3 Å². The Bertz CT molecular complexity index is 519. The molecule has 1 saturated heterocycles. The number of carbonyl (C=O) groups is 1. The third-order valence-electron chi connectivity index (χ3n) is 4.35. The summed E-state index contributed by atoms with van der Waals surface area (Å²) in [7, 11) is 0. The lowest BCUT2D eigenvalue weighted by molar-refractivity contribution is -0.384. The van der Waals surface area contributed by atoms with Gasteiger partial charge in [0.2, 0.25) is 5.91 Å². The number of benzene rings is 1. The average molecular weight is 291 g/mol. The molecule has 2 rings (SSSR count). The van der Waals surface area contributed by atoms with E-state index in [1.807, 2.05) is 0 Å². The van der Waals surface area contributed by atoms with Gasteiger partial charge in [-0.15, -0.1) is 0 Å². The molecule has 1 atom stereocenters. The molecular formula is C15H21N3O3. The van der Waals surface area contributed by atoms with E-state index in [9.17, 15) is 14.9 Å². The van der Waals surface area contributed by atoms with Gasteiger partial charge in [-0.1, -0.05) is 26.0 Å². The van der Waals surface area contributed by atoms with Gasteiger partial charge in [0.05, 0.1) is 10.3 Å². The highest BCUT2D eigenvalue weighted by molar-refractivity contribution is 5.83. The minimum atomic E-state index is -0.430. The van der Waals surface area contributed by atoms with Crippen molar-refractivity contribution in [2.75, 3.05) is 13.1 Å². The van der Waals surface area contributed by atoms with Gasteiger partial charge < -0.3 is 10.6 Å². The van der Waals surface area contributed by atoms with Crippen LogP contribution in [0.4, 0.5) is 5.69 Å². The van der Waals surface area contributed by atoms with Crippen LogP contribution in [0, 0.1) is 21.4 Å². The lowest BCUT2D eigenvalue weighted by Gasteiger charge is -2.31. The van der Waals surface area contributed by atoms with Crippen molar-refractivity contribution in [1.82, 2.24) is 10.6 Å². The molecule has 0 bridgehead atoms. The van der Waals surface area contributed by atoms with Gasteiger partial charge in [-0.3, -0.25) is 14.9 Å². The first-order chi connectivity index (χ1) is 9.95. The summed E-state index contributed by atoms with van der Waals surface area (Å²) in [5.41, 5.74) is 0.573. The highest BCUT2D eigenvalue weighted by atomic mass is 16.6. The van der Waals surface area contributed by atoms with Gasteiger partial charge in [-0.2, -0.15) is 0 Å². The molecular weight excluding hydrogens is 270 g/mol. The minimum absolute atomic E-state index is 0.0563. The number of nitrogens with one attached hydrogen (secondary N) is 2. The molecule has 6 heteroatoms. The molecule has 0 aromatic heterocycles. The zero-order valence-corrected chi connectivity index (χ0v) is 12.4. The molecule has 21 heavy (non-hydrogen) atoms. The zero-order valence-electron chi connectivity index (χ0n) is 12.4. The first kappa shape index (κ1) is 15.4. The predicted octanol–water partition coefficient (Wildman–Crippen LogP) is 1.85. The molecule has 1 aromatic rings. The molecule has 1 fully saturated rings. The Balaban J connectivity index is 1.98. The maximum atomic E-state index is 12.5. The summed E-state index contributed by atoms with van der Waals surface area (Å²) in [6.45, 7) is 6.10. The molecule has 0 spiro atoms. The van der Waals surface area contributed by atoms with E-state index in [0.717, 1.165) is 18.5 Å². The lowest BCUT2D eigenvalue weighted by Crippen LogP contribution is -2.45. The van der Waals surface area contributed by atoms with Gasteiger partial charge >= 0.3 is 0 Å². The number of amides is 1. The molecule has 0 aliphatic carbocycles. The lowest BCUT2D eigenvalue weighted by atomic mass is 9.75. The predicted molar refractivity (Wildman–Crippen MR) is 79.7 cm³/mol. The number of hydrogen-bond acceptors (Lipinski definition) is 4. The van der Waals surface area contributed by atoms with Crippen LogP contribution in [-0.2, 0) is 11.3 Å². The number of carbonyl (C=O) groups excluding carboxylic acids is 1. The fraction of sp³-hybridized carbons (Fsp3) is 0.533. The second kappa shape index (κ2) is 6.22. The van der Waals surface area contributed by atoms with Crippen LogP contribution in [0.15, 0.2) is 24.3 Å². The standard InChI is InChI=1S/C15H21N3O3/c1-11(2)15(7-8-16-10-15)14(19)17-9-12-3-5-13(6-4-12)18(20)21/h3-6,11,16H,7-10H2,1-2H3,(H,17,19). The summed E-state index contributed by atoms with van der Waals surface area (Å²) in [6, 6.07) is 6.26. The maximum Gasteiger partial charge on any atom is 0.269 e. The van der Waals surface area contributed by atoms with Crippen LogP contribution in [0.5, 0.6) is 0 Å². The highest BCUT2D eigenvalue weighted by Gasteiger charge is 2.43. The molecule has 1 aliphatic rings. The molecule has 1 heterocycles. The third-order valence-corrected chi connectivity index (χ3v) is 4.35. The Kier molecular flexibility index (Phi) is 4.57. The summed E-state index contributed by atoms with van der Waals surface area (Å²) < 4.78 is 0. The van der Waals surface area contributed by atoms with Crippen LogP contribution in [0.1, 0.15) is 25.8 Å². The summed E-state index contributed by atoms with van der Waals surface area (Å²) in [5.74, 6) is 0.324. The minimum Gasteiger partial charge on any atom is -0.351 e. The number of nitro groups is 1. The van der Waals surface area contributed by atoms with Gasteiger partial charge in [0.15, 0.2) is 0 Å². The van der Waals surface area contributed by atoms with Gasteiger partial charge in [0.1, 0.15) is 0 Å². The SMILES string of the molecule is CC(C)C1(C(=O)NCc2ccc([N+](=O)[O-])cc2)CCNC1. The van der Waals surface area contributed by atoms with E-state index < -0.39 is 4.92 Å². The smallest absolute Gasteiger partial charge is 0.269 e. The first-order valence-electron chi connectivity index (χ1n) is 7.18. The van der Waals surface area contributed by atoms with Crippen LogP contribution in [-0.4, -0.2) is 23.9 Å². The maximum absolute atomic E-state index is 12.5. The fourth-order valence-corrected chi connectivity index (χ4v) is 2.75. The van der Waals surface area contributed by atoms with E-state index in [4.69, 9.17) is 0 Å². The molecule has 1 aliphatic heterocycles. The number of rotatable bonds is 5. The number of nitrogens with zero attached hydrogens (tertiary/aromatic N) is 1. The zero-order chi connectivity index (χ0) is 15.5. The van der Waals surface area contributed by atoms with Crippen molar-refractivity contribution in [2.24, 2.45) is 11.3 Å². The number of nitro benzene ring substituents is 1. The Morgan fingerprint density at radius 3 is 2.57 bits per heavy atom. The molecule has 0 saturated carbocycles. The van der Waals surface area contributed by atoms with E-state index in [-0.39, 0.29) is 22.9 Å². The van der Waals surface area contributed by atoms with Crippen LogP contribution in [0.2, 0.25) is 0 Å². The van der Waals surface area contributed by atoms with Gasteiger partial charge in [0.25, 0.3) is 5.69 Å². The van der Waals surface area contributed by atoms with Gasteiger partial charge in [-0.05, 0) is 24.4 Å². The Morgan fingerprint density at radius 1 is 1.43 bits per heavy atom. The highest BCUT2D eigenvalue weighted by Crippen LogP contribution is 2.34. The van der Waals surface area contributed by atoms with Crippen molar-refractivity contribution in [1.29, 1.82) is 0 Å². The molecule has 6 nitrogen and oxygen atoms in total. The van der Waals surface area contributed by atoms with E-state index in [2.05, 4.69) is 24.5 Å². The van der Waals surface area contributed by atoms with E-state index in [0.29, 0.717) is 13.1 Å². The monoisotopic (exact) mass is 291 g/mol. The van der Waals surface area contributed by atoms with Crippen molar-refractivity contribution in [3.8, 4) is 0 Å². The fourth-order valence-electron chi connectivity index (χ4n) is 2.75. The number of hydrogen-bond donors (Lipinski definition) is 2. The molecule has 2 N–H and O–H groups in total.